The fourth-order valence-electron chi connectivity index (χ4n) is 3.82. The lowest BCUT2D eigenvalue weighted by Crippen LogP contribution is -2.48. The molecule has 3 aromatic carbocycles. The minimum absolute atomic E-state index is 0.0533. The number of methoxy groups -OCH3 is 2. The molecule has 1 atom stereocenters. The second-order valence-corrected chi connectivity index (χ2v) is 8.42. The molecule has 0 saturated heterocycles. The predicted molar refractivity (Wildman–Crippen MR) is 137 cm³/mol. The highest BCUT2D eigenvalue weighted by molar-refractivity contribution is 5.87. The van der Waals surface area contributed by atoms with Gasteiger partial charge in [0, 0.05) is 19.5 Å². The van der Waals surface area contributed by atoms with Crippen LogP contribution in [0.4, 0.5) is 0 Å². The van der Waals surface area contributed by atoms with E-state index in [1.54, 1.807) is 26.0 Å². The van der Waals surface area contributed by atoms with E-state index < -0.39 is 6.04 Å². The number of rotatable bonds is 12. The van der Waals surface area contributed by atoms with Gasteiger partial charge in [-0.25, -0.2) is 0 Å². The Morgan fingerprint density at radius 3 is 1.89 bits per heavy atom. The summed E-state index contributed by atoms with van der Waals surface area (Å²) in [6.45, 7) is 2.63. The van der Waals surface area contributed by atoms with E-state index in [2.05, 4.69) is 5.32 Å². The lowest BCUT2D eigenvalue weighted by molar-refractivity contribution is -0.140. The van der Waals surface area contributed by atoms with Crippen LogP contribution in [0.15, 0.2) is 78.9 Å². The van der Waals surface area contributed by atoms with E-state index in [4.69, 9.17) is 9.47 Å². The van der Waals surface area contributed by atoms with Crippen LogP contribution in [0, 0.1) is 0 Å². The van der Waals surface area contributed by atoms with Crippen LogP contribution in [0.25, 0.3) is 0 Å². The third-order valence-corrected chi connectivity index (χ3v) is 6.02. The zero-order valence-corrected chi connectivity index (χ0v) is 20.7. The summed E-state index contributed by atoms with van der Waals surface area (Å²) in [6.07, 6.45) is 1.66. The molecule has 1 N–H and O–H groups in total. The maximum absolute atomic E-state index is 13.3. The molecular weight excluding hydrogens is 440 g/mol. The highest BCUT2D eigenvalue weighted by atomic mass is 16.5. The van der Waals surface area contributed by atoms with Gasteiger partial charge in [0.25, 0.3) is 0 Å². The first-order valence-electron chi connectivity index (χ1n) is 11.9. The molecule has 0 heterocycles. The highest BCUT2D eigenvalue weighted by Crippen LogP contribution is 2.17. The van der Waals surface area contributed by atoms with E-state index in [-0.39, 0.29) is 11.8 Å². The lowest BCUT2D eigenvalue weighted by Gasteiger charge is -2.29. The van der Waals surface area contributed by atoms with E-state index in [1.807, 2.05) is 78.9 Å². The number of benzene rings is 3. The second kappa shape index (κ2) is 13.2. The Morgan fingerprint density at radius 2 is 1.31 bits per heavy atom. The average Bonchev–Trinajstić information content (AvgIpc) is 2.91. The van der Waals surface area contributed by atoms with Crippen molar-refractivity contribution < 1.29 is 19.1 Å². The van der Waals surface area contributed by atoms with E-state index >= 15 is 0 Å². The lowest BCUT2D eigenvalue weighted by atomic mass is 10.1. The molecule has 0 aliphatic rings. The quantitative estimate of drug-likeness (QED) is 0.422. The molecule has 0 bridgehead atoms. The molecule has 35 heavy (non-hydrogen) atoms. The SMILES string of the molecule is COc1ccc(CCNC(=O)[C@H](C)N(Cc2ccc(OC)cc2)C(=O)CCc2ccccc2)cc1. The Morgan fingerprint density at radius 1 is 0.771 bits per heavy atom. The highest BCUT2D eigenvalue weighted by Gasteiger charge is 2.25. The van der Waals surface area contributed by atoms with E-state index in [9.17, 15) is 9.59 Å². The summed E-state index contributed by atoms with van der Waals surface area (Å²) in [4.78, 5) is 27.9. The minimum atomic E-state index is -0.601. The van der Waals surface area contributed by atoms with Crippen molar-refractivity contribution in [1.82, 2.24) is 10.2 Å². The first kappa shape index (κ1) is 25.8. The largest absolute Gasteiger partial charge is 0.497 e. The maximum Gasteiger partial charge on any atom is 0.242 e. The summed E-state index contributed by atoms with van der Waals surface area (Å²) in [6, 6.07) is 24.7. The van der Waals surface area contributed by atoms with Gasteiger partial charge < -0.3 is 19.7 Å². The van der Waals surface area contributed by atoms with Crippen LogP contribution in [0.3, 0.4) is 0 Å². The third-order valence-electron chi connectivity index (χ3n) is 6.02. The summed E-state index contributed by atoms with van der Waals surface area (Å²) >= 11 is 0. The molecule has 0 aromatic heterocycles. The monoisotopic (exact) mass is 474 g/mol. The maximum atomic E-state index is 13.3. The van der Waals surface area contributed by atoms with Crippen molar-refractivity contribution >= 4 is 11.8 Å². The first-order chi connectivity index (χ1) is 17.0. The van der Waals surface area contributed by atoms with Crippen molar-refractivity contribution in [2.24, 2.45) is 0 Å². The molecule has 0 aliphatic heterocycles. The van der Waals surface area contributed by atoms with Crippen molar-refractivity contribution in [3.63, 3.8) is 0 Å². The third kappa shape index (κ3) is 7.88. The molecule has 0 saturated carbocycles. The standard InChI is InChI=1S/C29H34N2O4/c1-22(29(33)30-20-19-24-9-14-26(34-2)15-10-24)31(21-25-11-16-27(35-3)17-12-25)28(32)18-13-23-7-5-4-6-8-23/h4-12,14-17,22H,13,18-21H2,1-3H3,(H,30,33)/t22-/m0/s1. The van der Waals surface area contributed by atoms with Gasteiger partial charge in [0.1, 0.15) is 17.5 Å². The molecule has 0 fully saturated rings. The Balaban J connectivity index is 1.63. The van der Waals surface area contributed by atoms with E-state index in [1.165, 1.54) is 0 Å². The molecule has 3 rings (SSSR count). The van der Waals surface area contributed by atoms with Gasteiger partial charge in [0.2, 0.25) is 11.8 Å². The van der Waals surface area contributed by atoms with Gasteiger partial charge in [-0.15, -0.1) is 0 Å². The summed E-state index contributed by atoms with van der Waals surface area (Å²) in [5, 5.41) is 2.99. The zero-order chi connectivity index (χ0) is 25.0. The smallest absolute Gasteiger partial charge is 0.242 e. The molecule has 0 unspecified atom stereocenters. The van der Waals surface area contributed by atoms with Crippen molar-refractivity contribution in [1.29, 1.82) is 0 Å². The Kier molecular flexibility index (Phi) is 9.72. The zero-order valence-electron chi connectivity index (χ0n) is 20.7. The van der Waals surface area contributed by atoms with Gasteiger partial charge in [0.15, 0.2) is 0 Å². The van der Waals surface area contributed by atoms with Crippen LogP contribution < -0.4 is 14.8 Å². The van der Waals surface area contributed by atoms with Crippen molar-refractivity contribution in [3.8, 4) is 11.5 Å². The molecule has 0 aliphatic carbocycles. The van der Waals surface area contributed by atoms with Crippen LogP contribution >= 0.6 is 0 Å². The summed E-state index contributed by atoms with van der Waals surface area (Å²) in [7, 11) is 3.25. The minimum Gasteiger partial charge on any atom is -0.497 e. The molecule has 3 aromatic rings. The van der Waals surface area contributed by atoms with E-state index in [0.717, 1.165) is 28.2 Å². The number of aryl methyl sites for hydroxylation is 1. The number of amides is 2. The van der Waals surface area contributed by atoms with Crippen molar-refractivity contribution in [2.45, 2.75) is 38.8 Å². The number of hydrogen-bond acceptors (Lipinski definition) is 4. The van der Waals surface area contributed by atoms with Crippen LogP contribution in [-0.2, 0) is 29.0 Å². The first-order valence-corrected chi connectivity index (χ1v) is 11.9. The molecule has 184 valence electrons. The molecular formula is C29H34N2O4. The van der Waals surface area contributed by atoms with Gasteiger partial charge in [0.05, 0.1) is 14.2 Å². The Hall–Kier alpha value is -3.80. The normalized spacial score (nSPS) is 11.4. The number of carbonyl (C=O) groups excluding carboxylic acids is 2. The van der Waals surface area contributed by atoms with Gasteiger partial charge in [-0.3, -0.25) is 9.59 Å². The Bertz CT molecular complexity index is 1070. The predicted octanol–water partition coefficient (Wildman–Crippen LogP) is 4.41. The van der Waals surface area contributed by atoms with Crippen LogP contribution in [0.2, 0.25) is 0 Å². The number of nitrogens with one attached hydrogen (secondary N) is 1. The van der Waals surface area contributed by atoms with Gasteiger partial charge in [-0.2, -0.15) is 0 Å². The molecule has 2 amide bonds. The fraction of sp³-hybridized carbons (Fsp3) is 0.310. The average molecular weight is 475 g/mol. The summed E-state index contributed by atoms with van der Waals surface area (Å²) < 4.78 is 10.4. The van der Waals surface area contributed by atoms with Gasteiger partial charge in [-0.1, -0.05) is 54.6 Å². The topological polar surface area (TPSA) is 67.9 Å². The van der Waals surface area contributed by atoms with Crippen molar-refractivity contribution in [2.75, 3.05) is 20.8 Å². The molecule has 6 nitrogen and oxygen atoms in total. The van der Waals surface area contributed by atoms with Gasteiger partial charge >= 0.3 is 0 Å². The summed E-state index contributed by atoms with van der Waals surface area (Å²) in [5.74, 6) is 1.33. The molecule has 0 spiro atoms. The summed E-state index contributed by atoms with van der Waals surface area (Å²) in [5.41, 5.74) is 3.14. The number of ether oxygens (including phenoxy) is 2. The molecule has 6 heteroatoms. The second-order valence-electron chi connectivity index (χ2n) is 8.42. The fourth-order valence-corrected chi connectivity index (χ4v) is 3.82. The number of nitrogens with zero attached hydrogens (tertiary/aromatic N) is 1. The van der Waals surface area contributed by atoms with Crippen LogP contribution in [-0.4, -0.2) is 43.5 Å². The van der Waals surface area contributed by atoms with Crippen molar-refractivity contribution in [3.05, 3.63) is 95.6 Å². The number of hydrogen-bond donors (Lipinski definition) is 1. The Labute approximate surface area is 207 Å². The molecule has 0 radical (unpaired) electrons. The number of carbonyl (C=O) groups is 2. The van der Waals surface area contributed by atoms with Crippen LogP contribution in [0.1, 0.15) is 30.0 Å². The van der Waals surface area contributed by atoms with E-state index in [0.29, 0.717) is 32.4 Å². The van der Waals surface area contributed by atoms with Crippen LogP contribution in [0.5, 0.6) is 11.5 Å². The van der Waals surface area contributed by atoms with Gasteiger partial charge in [-0.05, 0) is 60.7 Å².